The Bertz CT molecular complexity index is 280. The van der Waals surface area contributed by atoms with Crippen LogP contribution in [0.5, 0.6) is 0 Å². The Morgan fingerprint density at radius 3 is 2.67 bits per heavy atom. The van der Waals surface area contributed by atoms with Crippen molar-refractivity contribution in [2.24, 2.45) is 0 Å². The maximum absolute atomic E-state index is 12.1. The minimum Gasteiger partial charge on any atom is -0.259 e. The van der Waals surface area contributed by atoms with Gasteiger partial charge >= 0.3 is 0 Å². The minimum absolute atomic E-state index is 0.0240. The summed E-state index contributed by atoms with van der Waals surface area (Å²) in [5.74, 6) is 0. The molecular formula is C7H5BrF2IN. The van der Waals surface area contributed by atoms with Gasteiger partial charge < -0.3 is 0 Å². The molecule has 0 fully saturated rings. The van der Waals surface area contributed by atoms with Gasteiger partial charge in [0.1, 0.15) is 0 Å². The third kappa shape index (κ3) is 2.35. The zero-order valence-corrected chi connectivity index (χ0v) is 9.64. The first-order chi connectivity index (χ1) is 5.65. The van der Waals surface area contributed by atoms with Gasteiger partial charge in [-0.1, -0.05) is 15.9 Å². The standard InChI is InChI=1S/C7H5BrF2IN/c8-2-6-5(11)1-4(3-12-6)7(9)10/h1,3,7H,2H2. The van der Waals surface area contributed by atoms with Crippen LogP contribution in [0.3, 0.4) is 0 Å². The van der Waals surface area contributed by atoms with Crippen molar-refractivity contribution in [3.05, 3.63) is 27.1 Å². The second-order valence-corrected chi connectivity index (χ2v) is 3.85. The SMILES string of the molecule is FC(F)c1cnc(CBr)c(I)c1. The van der Waals surface area contributed by atoms with Crippen molar-refractivity contribution >= 4 is 38.5 Å². The fourth-order valence-electron chi connectivity index (χ4n) is 0.699. The molecule has 0 amide bonds. The average molecular weight is 348 g/mol. The molecule has 0 atom stereocenters. The fourth-order valence-corrected chi connectivity index (χ4v) is 2.36. The Morgan fingerprint density at radius 1 is 1.58 bits per heavy atom. The second kappa shape index (κ2) is 4.45. The number of hydrogen-bond acceptors (Lipinski definition) is 1. The molecule has 0 saturated carbocycles. The molecule has 1 aromatic heterocycles. The molecule has 0 aliphatic heterocycles. The minimum atomic E-state index is -2.43. The lowest BCUT2D eigenvalue weighted by Gasteiger charge is -2.02. The predicted octanol–water partition coefficient (Wildman–Crippen LogP) is 3.52. The molecule has 0 aliphatic rings. The number of hydrogen-bond donors (Lipinski definition) is 0. The molecule has 12 heavy (non-hydrogen) atoms. The predicted molar refractivity (Wildman–Crippen MR) is 54.5 cm³/mol. The number of halogens is 4. The molecule has 0 saturated heterocycles. The molecular weight excluding hydrogens is 343 g/mol. The Morgan fingerprint density at radius 2 is 2.25 bits per heavy atom. The van der Waals surface area contributed by atoms with E-state index in [0.29, 0.717) is 5.33 Å². The average Bonchev–Trinajstić information content (AvgIpc) is 2.04. The van der Waals surface area contributed by atoms with Gasteiger partial charge in [0.15, 0.2) is 0 Å². The van der Waals surface area contributed by atoms with Gasteiger partial charge in [-0.25, -0.2) is 8.78 Å². The van der Waals surface area contributed by atoms with E-state index >= 15 is 0 Å². The highest BCUT2D eigenvalue weighted by molar-refractivity contribution is 14.1. The van der Waals surface area contributed by atoms with Gasteiger partial charge in [0, 0.05) is 20.7 Å². The molecule has 0 bridgehead atoms. The lowest BCUT2D eigenvalue weighted by molar-refractivity contribution is 0.151. The molecule has 1 aromatic rings. The summed E-state index contributed by atoms with van der Waals surface area (Å²) in [6.07, 6.45) is -1.22. The van der Waals surface area contributed by atoms with Crippen LogP contribution in [0.25, 0.3) is 0 Å². The Balaban J connectivity index is 3.02. The third-order valence-corrected chi connectivity index (χ3v) is 2.78. The summed E-state index contributed by atoms with van der Waals surface area (Å²) in [5, 5.41) is 0.592. The van der Waals surface area contributed by atoms with Gasteiger partial charge in [-0.05, 0) is 28.7 Å². The van der Waals surface area contributed by atoms with Crippen molar-refractivity contribution in [1.82, 2.24) is 4.98 Å². The van der Waals surface area contributed by atoms with Gasteiger partial charge in [-0.15, -0.1) is 0 Å². The first-order valence-corrected chi connectivity index (χ1v) is 5.33. The Labute approximate surface area is 90.8 Å². The van der Waals surface area contributed by atoms with Gasteiger partial charge in [0.2, 0.25) is 0 Å². The smallest absolute Gasteiger partial charge is 0.259 e. The largest absolute Gasteiger partial charge is 0.265 e. The maximum atomic E-state index is 12.1. The lowest BCUT2D eigenvalue weighted by Crippen LogP contribution is -1.93. The molecule has 66 valence electrons. The van der Waals surface area contributed by atoms with Gasteiger partial charge in [0.05, 0.1) is 5.69 Å². The van der Waals surface area contributed by atoms with E-state index in [9.17, 15) is 8.78 Å². The summed E-state index contributed by atoms with van der Waals surface area (Å²) in [6, 6.07) is 1.45. The molecule has 5 heteroatoms. The lowest BCUT2D eigenvalue weighted by atomic mass is 10.3. The van der Waals surface area contributed by atoms with Crippen molar-refractivity contribution in [3.8, 4) is 0 Å². The zero-order chi connectivity index (χ0) is 9.14. The van der Waals surface area contributed by atoms with E-state index in [1.807, 2.05) is 22.6 Å². The summed E-state index contributed by atoms with van der Waals surface area (Å²) in [7, 11) is 0. The van der Waals surface area contributed by atoms with Crippen LogP contribution in [0.4, 0.5) is 8.78 Å². The van der Waals surface area contributed by atoms with Crippen LogP contribution in [0.15, 0.2) is 12.3 Å². The van der Waals surface area contributed by atoms with Crippen molar-refractivity contribution in [2.75, 3.05) is 0 Å². The van der Waals surface area contributed by atoms with Crippen LogP contribution < -0.4 is 0 Å². The van der Waals surface area contributed by atoms with Crippen LogP contribution in [0, 0.1) is 3.57 Å². The van der Waals surface area contributed by atoms with Crippen molar-refractivity contribution in [2.45, 2.75) is 11.8 Å². The molecule has 0 unspecified atom stereocenters. The molecule has 1 heterocycles. The maximum Gasteiger partial charge on any atom is 0.265 e. The van der Waals surface area contributed by atoms with E-state index in [1.54, 1.807) is 0 Å². The summed E-state index contributed by atoms with van der Waals surface area (Å²) < 4.78 is 25.0. The highest BCUT2D eigenvalue weighted by Gasteiger charge is 2.09. The van der Waals surface area contributed by atoms with Crippen LogP contribution in [-0.2, 0) is 5.33 Å². The van der Waals surface area contributed by atoms with Gasteiger partial charge in [-0.2, -0.15) is 0 Å². The quantitative estimate of drug-likeness (QED) is 0.589. The molecule has 1 rings (SSSR count). The van der Waals surface area contributed by atoms with Crippen LogP contribution in [0.1, 0.15) is 17.7 Å². The van der Waals surface area contributed by atoms with Crippen LogP contribution in [-0.4, -0.2) is 4.98 Å². The van der Waals surface area contributed by atoms with E-state index in [4.69, 9.17) is 0 Å². The molecule has 0 aliphatic carbocycles. The third-order valence-electron chi connectivity index (χ3n) is 1.32. The Hall–Kier alpha value is 0.220. The molecule has 0 N–H and O–H groups in total. The summed E-state index contributed by atoms with van der Waals surface area (Å²) in [5.41, 5.74) is 0.768. The van der Waals surface area contributed by atoms with E-state index < -0.39 is 6.43 Å². The fraction of sp³-hybridized carbons (Fsp3) is 0.286. The topological polar surface area (TPSA) is 12.9 Å². The number of aromatic nitrogens is 1. The van der Waals surface area contributed by atoms with E-state index in [0.717, 1.165) is 9.26 Å². The number of pyridine rings is 1. The highest BCUT2D eigenvalue weighted by atomic mass is 127. The van der Waals surface area contributed by atoms with Crippen molar-refractivity contribution < 1.29 is 8.78 Å². The van der Waals surface area contributed by atoms with Crippen LogP contribution in [0.2, 0.25) is 0 Å². The van der Waals surface area contributed by atoms with E-state index in [-0.39, 0.29) is 5.56 Å². The summed E-state index contributed by atoms with van der Waals surface area (Å²) in [4.78, 5) is 3.88. The molecule has 1 nitrogen and oxygen atoms in total. The molecule has 0 aromatic carbocycles. The monoisotopic (exact) mass is 347 g/mol. The van der Waals surface area contributed by atoms with Crippen LogP contribution >= 0.6 is 38.5 Å². The van der Waals surface area contributed by atoms with Gasteiger partial charge in [0.25, 0.3) is 6.43 Å². The van der Waals surface area contributed by atoms with Crippen molar-refractivity contribution in [3.63, 3.8) is 0 Å². The summed E-state index contributed by atoms with van der Waals surface area (Å²) >= 11 is 5.21. The molecule has 0 spiro atoms. The first-order valence-electron chi connectivity index (χ1n) is 3.13. The first kappa shape index (κ1) is 10.3. The summed E-state index contributed by atoms with van der Waals surface area (Å²) in [6.45, 7) is 0. The van der Waals surface area contributed by atoms with E-state index in [1.165, 1.54) is 12.3 Å². The number of nitrogens with zero attached hydrogens (tertiary/aromatic N) is 1. The van der Waals surface area contributed by atoms with Gasteiger partial charge in [-0.3, -0.25) is 4.98 Å². The highest BCUT2D eigenvalue weighted by Crippen LogP contribution is 2.21. The molecule has 0 radical (unpaired) electrons. The normalized spacial score (nSPS) is 10.8. The Kier molecular flexibility index (Phi) is 3.82. The number of rotatable bonds is 2. The van der Waals surface area contributed by atoms with E-state index in [2.05, 4.69) is 20.9 Å². The zero-order valence-electron chi connectivity index (χ0n) is 5.90. The number of alkyl halides is 3. The second-order valence-electron chi connectivity index (χ2n) is 2.13. The van der Waals surface area contributed by atoms with Crippen molar-refractivity contribution in [1.29, 1.82) is 0 Å².